The van der Waals surface area contributed by atoms with Gasteiger partial charge >= 0.3 is 5.97 Å². The molecule has 3 N–H and O–H groups in total. The summed E-state index contributed by atoms with van der Waals surface area (Å²) in [6.45, 7) is 3.86. The van der Waals surface area contributed by atoms with E-state index in [4.69, 9.17) is 14.9 Å². The Balaban J connectivity index is 2.07. The predicted octanol–water partition coefficient (Wildman–Crippen LogP) is 2.00. The lowest BCUT2D eigenvalue weighted by atomic mass is 10.1. The molecular weight excluding hydrogens is 388 g/mol. The SMILES string of the molecule is CCOC(=O)c1c(C)oc(NC(=O)CN(C)Cc2ccc(N(C)C)cc2)c1C(N)=O. The van der Waals surface area contributed by atoms with Crippen molar-refractivity contribution >= 4 is 29.4 Å². The van der Waals surface area contributed by atoms with Crippen LogP contribution in [0.15, 0.2) is 28.7 Å². The molecule has 0 unspecified atom stereocenters. The van der Waals surface area contributed by atoms with E-state index >= 15 is 0 Å². The number of hydrogen-bond donors (Lipinski definition) is 2. The molecule has 0 bridgehead atoms. The summed E-state index contributed by atoms with van der Waals surface area (Å²) in [7, 11) is 5.73. The molecule has 0 fully saturated rings. The van der Waals surface area contributed by atoms with Crippen LogP contribution in [0.4, 0.5) is 11.6 Å². The molecule has 0 aliphatic rings. The van der Waals surface area contributed by atoms with Crippen molar-refractivity contribution in [2.45, 2.75) is 20.4 Å². The van der Waals surface area contributed by atoms with Crippen molar-refractivity contribution in [1.29, 1.82) is 0 Å². The first-order valence-electron chi connectivity index (χ1n) is 9.49. The molecule has 0 spiro atoms. The average molecular weight is 416 g/mol. The van der Waals surface area contributed by atoms with Gasteiger partial charge in [0.15, 0.2) is 0 Å². The maximum atomic E-state index is 12.5. The van der Waals surface area contributed by atoms with Crippen LogP contribution in [0.2, 0.25) is 0 Å². The number of carbonyl (C=O) groups is 3. The van der Waals surface area contributed by atoms with Crippen LogP contribution in [0.3, 0.4) is 0 Å². The molecule has 1 aromatic heterocycles. The Hall–Kier alpha value is -3.33. The van der Waals surface area contributed by atoms with E-state index in [2.05, 4.69) is 5.32 Å². The van der Waals surface area contributed by atoms with E-state index in [9.17, 15) is 14.4 Å². The first-order valence-corrected chi connectivity index (χ1v) is 9.49. The molecule has 0 saturated carbocycles. The molecule has 9 heteroatoms. The fourth-order valence-electron chi connectivity index (χ4n) is 3.00. The third-order valence-corrected chi connectivity index (χ3v) is 4.38. The number of nitrogens with one attached hydrogen (secondary N) is 1. The van der Waals surface area contributed by atoms with Gasteiger partial charge in [-0.3, -0.25) is 19.8 Å². The summed E-state index contributed by atoms with van der Waals surface area (Å²) in [5.74, 6) is -2.04. The van der Waals surface area contributed by atoms with E-state index in [1.54, 1.807) is 14.0 Å². The van der Waals surface area contributed by atoms with Crippen LogP contribution in [0.25, 0.3) is 0 Å². The maximum Gasteiger partial charge on any atom is 0.342 e. The molecule has 9 nitrogen and oxygen atoms in total. The van der Waals surface area contributed by atoms with Gasteiger partial charge in [0.05, 0.1) is 13.2 Å². The molecule has 0 aliphatic heterocycles. The number of hydrogen-bond acceptors (Lipinski definition) is 7. The first-order chi connectivity index (χ1) is 14.1. The van der Waals surface area contributed by atoms with Crippen LogP contribution in [-0.2, 0) is 16.1 Å². The number of carbonyl (C=O) groups excluding carboxylic acids is 3. The number of primary amides is 1. The molecule has 1 aromatic carbocycles. The summed E-state index contributed by atoms with van der Waals surface area (Å²) in [6, 6.07) is 8.00. The van der Waals surface area contributed by atoms with Crippen molar-refractivity contribution < 1.29 is 23.5 Å². The van der Waals surface area contributed by atoms with Crippen LogP contribution in [0.5, 0.6) is 0 Å². The van der Waals surface area contributed by atoms with E-state index in [0.717, 1.165) is 11.3 Å². The number of rotatable bonds is 9. The van der Waals surface area contributed by atoms with E-state index in [1.165, 1.54) is 6.92 Å². The number of nitrogens with two attached hydrogens (primary N) is 1. The normalized spacial score (nSPS) is 10.7. The monoisotopic (exact) mass is 416 g/mol. The second kappa shape index (κ2) is 9.93. The van der Waals surface area contributed by atoms with E-state index in [-0.39, 0.29) is 35.9 Å². The number of furan rings is 1. The Kier molecular flexibility index (Phi) is 7.60. The summed E-state index contributed by atoms with van der Waals surface area (Å²) < 4.78 is 10.4. The number of aryl methyl sites for hydroxylation is 1. The molecular formula is C21H28N4O5. The molecule has 2 amide bonds. The Labute approximate surface area is 175 Å². The molecule has 0 radical (unpaired) electrons. The largest absolute Gasteiger partial charge is 0.462 e. The van der Waals surface area contributed by atoms with Crippen molar-refractivity contribution in [2.24, 2.45) is 5.73 Å². The minimum atomic E-state index is -0.889. The predicted molar refractivity (Wildman–Crippen MR) is 114 cm³/mol. The van der Waals surface area contributed by atoms with Crippen LogP contribution < -0.4 is 16.0 Å². The smallest absolute Gasteiger partial charge is 0.342 e. The minimum Gasteiger partial charge on any atom is -0.462 e. The fourth-order valence-corrected chi connectivity index (χ4v) is 3.00. The quantitative estimate of drug-likeness (QED) is 0.600. The second-order valence-corrected chi connectivity index (χ2v) is 7.10. The van der Waals surface area contributed by atoms with Gasteiger partial charge in [0.1, 0.15) is 16.9 Å². The van der Waals surface area contributed by atoms with Gasteiger partial charge in [0.2, 0.25) is 11.8 Å². The number of benzene rings is 1. The third kappa shape index (κ3) is 5.60. The molecule has 30 heavy (non-hydrogen) atoms. The molecule has 0 aliphatic carbocycles. The van der Waals surface area contributed by atoms with Gasteiger partial charge in [-0.1, -0.05) is 12.1 Å². The molecule has 0 saturated heterocycles. The molecule has 1 heterocycles. The van der Waals surface area contributed by atoms with Crippen molar-refractivity contribution in [3.63, 3.8) is 0 Å². The number of nitrogens with zero attached hydrogens (tertiary/aromatic N) is 2. The van der Waals surface area contributed by atoms with E-state index < -0.39 is 17.8 Å². The molecule has 162 valence electrons. The van der Waals surface area contributed by atoms with E-state index in [0.29, 0.717) is 6.54 Å². The van der Waals surface area contributed by atoms with Gasteiger partial charge in [-0.05, 0) is 38.6 Å². The lowest BCUT2D eigenvalue weighted by molar-refractivity contribution is -0.117. The van der Waals surface area contributed by atoms with Crippen molar-refractivity contribution in [3.8, 4) is 0 Å². The fraction of sp³-hybridized carbons (Fsp3) is 0.381. The molecule has 2 aromatic rings. The summed E-state index contributed by atoms with van der Waals surface area (Å²) in [5.41, 5.74) is 7.27. The molecule has 0 atom stereocenters. The van der Waals surface area contributed by atoms with Crippen LogP contribution in [-0.4, -0.2) is 57.0 Å². The number of esters is 1. The van der Waals surface area contributed by atoms with Gasteiger partial charge < -0.3 is 19.8 Å². The van der Waals surface area contributed by atoms with E-state index in [1.807, 2.05) is 48.2 Å². The molecule has 2 rings (SSSR count). The zero-order chi connectivity index (χ0) is 22.4. The van der Waals surface area contributed by atoms with Gasteiger partial charge in [-0.25, -0.2) is 4.79 Å². The average Bonchev–Trinajstić information content (AvgIpc) is 2.98. The minimum absolute atomic E-state index is 0.0438. The van der Waals surface area contributed by atoms with Crippen LogP contribution in [0, 0.1) is 6.92 Å². The zero-order valence-electron chi connectivity index (χ0n) is 17.9. The highest BCUT2D eigenvalue weighted by Gasteiger charge is 2.29. The standard InChI is InChI=1S/C21H28N4O5/c1-6-29-21(28)17-13(2)30-20(18(17)19(22)27)23-16(26)12-25(5)11-14-7-9-15(10-8-14)24(3)4/h7-10H,6,11-12H2,1-5H3,(H2,22,27)(H,23,26). The summed E-state index contributed by atoms with van der Waals surface area (Å²) in [6.07, 6.45) is 0. The Morgan fingerprint density at radius 3 is 2.27 bits per heavy atom. The topological polar surface area (TPSA) is 118 Å². The Morgan fingerprint density at radius 1 is 1.10 bits per heavy atom. The number of likely N-dealkylation sites (N-methyl/N-ethyl adjacent to an activating group) is 1. The van der Waals surface area contributed by atoms with Gasteiger partial charge in [0.25, 0.3) is 5.91 Å². The highest BCUT2D eigenvalue weighted by molar-refractivity contribution is 6.10. The van der Waals surface area contributed by atoms with Crippen LogP contribution in [0.1, 0.15) is 39.0 Å². The van der Waals surface area contributed by atoms with Gasteiger partial charge in [0, 0.05) is 26.3 Å². The first kappa shape index (κ1) is 23.0. The second-order valence-electron chi connectivity index (χ2n) is 7.10. The summed E-state index contributed by atoms with van der Waals surface area (Å²) in [4.78, 5) is 40.3. The highest BCUT2D eigenvalue weighted by atomic mass is 16.5. The van der Waals surface area contributed by atoms with Crippen LogP contribution >= 0.6 is 0 Å². The lowest BCUT2D eigenvalue weighted by Gasteiger charge is -2.17. The van der Waals surface area contributed by atoms with Crippen molar-refractivity contribution in [2.75, 3.05) is 44.5 Å². The zero-order valence-corrected chi connectivity index (χ0v) is 17.9. The number of amides is 2. The maximum absolute atomic E-state index is 12.5. The van der Waals surface area contributed by atoms with Crippen molar-refractivity contribution in [3.05, 3.63) is 46.7 Å². The summed E-state index contributed by atoms with van der Waals surface area (Å²) in [5, 5.41) is 2.53. The Morgan fingerprint density at radius 2 is 1.73 bits per heavy atom. The number of anilines is 2. The van der Waals surface area contributed by atoms with Crippen molar-refractivity contribution in [1.82, 2.24) is 4.90 Å². The summed E-state index contributed by atoms with van der Waals surface area (Å²) >= 11 is 0. The van der Waals surface area contributed by atoms with Gasteiger partial charge in [-0.2, -0.15) is 0 Å². The van der Waals surface area contributed by atoms with Gasteiger partial charge in [-0.15, -0.1) is 0 Å². The Bertz CT molecular complexity index is 918. The lowest BCUT2D eigenvalue weighted by Crippen LogP contribution is -2.30. The number of ether oxygens (including phenoxy) is 1. The third-order valence-electron chi connectivity index (χ3n) is 4.38. The highest BCUT2D eigenvalue weighted by Crippen LogP contribution is 2.27.